The fourth-order valence-electron chi connectivity index (χ4n) is 3.38. The highest BCUT2D eigenvalue weighted by atomic mass is 32.1. The first-order valence-corrected chi connectivity index (χ1v) is 9.61. The number of thiazole rings is 1. The minimum absolute atomic E-state index is 0.0651. The van der Waals surface area contributed by atoms with Gasteiger partial charge in [0.25, 0.3) is 5.91 Å². The predicted octanol–water partition coefficient (Wildman–Crippen LogP) is 2.13. The lowest BCUT2D eigenvalue weighted by Crippen LogP contribution is -2.39. The molecule has 0 aromatic carbocycles. The molecule has 0 bridgehead atoms. The summed E-state index contributed by atoms with van der Waals surface area (Å²) in [5.41, 5.74) is 6.03. The second-order valence-electron chi connectivity index (χ2n) is 6.83. The Morgan fingerprint density at radius 3 is 2.83 bits per heavy atom. The summed E-state index contributed by atoms with van der Waals surface area (Å²) in [6, 6.07) is 0. The number of nitrogens with one attached hydrogen (secondary N) is 1. The van der Waals surface area contributed by atoms with Gasteiger partial charge in [0.15, 0.2) is 0 Å². The first-order valence-electron chi connectivity index (χ1n) is 8.73. The Morgan fingerprint density at radius 2 is 2.13 bits per heavy atom. The average Bonchev–Trinajstić information content (AvgIpc) is 2.95. The summed E-state index contributed by atoms with van der Waals surface area (Å²) >= 11 is 1.51. The highest BCUT2D eigenvalue weighted by Crippen LogP contribution is 2.20. The van der Waals surface area contributed by atoms with Crippen LogP contribution < -0.4 is 11.1 Å². The van der Waals surface area contributed by atoms with Crippen LogP contribution in [-0.2, 0) is 6.42 Å². The van der Waals surface area contributed by atoms with Gasteiger partial charge in [0.1, 0.15) is 5.69 Å². The molecule has 1 amide bonds. The Morgan fingerprint density at radius 1 is 1.39 bits per heavy atom. The molecule has 1 saturated heterocycles. The fraction of sp³-hybridized carbons (Fsp3) is 0.765. The topological polar surface area (TPSA) is 71.2 Å². The van der Waals surface area contributed by atoms with E-state index in [0.29, 0.717) is 12.2 Å². The van der Waals surface area contributed by atoms with Crippen LogP contribution in [0.15, 0.2) is 5.38 Å². The van der Waals surface area contributed by atoms with Crippen LogP contribution in [-0.4, -0.2) is 48.5 Å². The largest absolute Gasteiger partial charge is 0.351 e. The van der Waals surface area contributed by atoms with E-state index in [1.54, 1.807) is 0 Å². The minimum Gasteiger partial charge on any atom is -0.351 e. The zero-order valence-corrected chi connectivity index (χ0v) is 15.2. The number of carbonyl (C=O) groups excluding carboxylic acids is 1. The summed E-state index contributed by atoms with van der Waals surface area (Å²) in [5.74, 6) is 1.56. The van der Waals surface area contributed by atoms with Gasteiger partial charge >= 0.3 is 0 Å². The van der Waals surface area contributed by atoms with Crippen molar-refractivity contribution in [2.24, 2.45) is 17.6 Å². The maximum atomic E-state index is 12.0. The summed E-state index contributed by atoms with van der Waals surface area (Å²) in [6.45, 7) is 9.57. The van der Waals surface area contributed by atoms with Crippen molar-refractivity contribution >= 4 is 17.2 Å². The van der Waals surface area contributed by atoms with Gasteiger partial charge in [0, 0.05) is 31.4 Å². The SMILES string of the molecule is CC1CC(C)CN(CCCCNC(=O)c2csc(CCN)n2)C1. The third kappa shape index (κ3) is 6.20. The molecule has 1 aromatic rings. The highest BCUT2D eigenvalue weighted by molar-refractivity contribution is 7.09. The van der Waals surface area contributed by atoms with E-state index >= 15 is 0 Å². The van der Waals surface area contributed by atoms with Crippen molar-refractivity contribution in [3.63, 3.8) is 0 Å². The first-order chi connectivity index (χ1) is 11.1. The number of nitrogens with two attached hydrogens (primary N) is 1. The second kappa shape index (κ2) is 9.35. The van der Waals surface area contributed by atoms with E-state index in [0.717, 1.165) is 49.2 Å². The van der Waals surface area contributed by atoms with Crippen LogP contribution in [0.5, 0.6) is 0 Å². The summed E-state index contributed by atoms with van der Waals surface area (Å²) in [6.07, 6.45) is 4.25. The van der Waals surface area contributed by atoms with Crippen molar-refractivity contribution in [1.29, 1.82) is 0 Å². The summed E-state index contributed by atoms with van der Waals surface area (Å²) in [7, 11) is 0. The summed E-state index contributed by atoms with van der Waals surface area (Å²) in [5, 5.41) is 5.72. The standard InChI is InChI=1S/C17H30N4OS/c1-13-9-14(2)11-21(10-13)8-4-3-7-19-17(22)15-12-23-16(20-15)5-6-18/h12-14H,3-11,18H2,1-2H3,(H,19,22). The van der Waals surface area contributed by atoms with Crippen molar-refractivity contribution < 1.29 is 4.79 Å². The number of nitrogens with zero attached hydrogens (tertiary/aromatic N) is 2. The molecule has 5 nitrogen and oxygen atoms in total. The van der Waals surface area contributed by atoms with Crippen LogP contribution in [0.4, 0.5) is 0 Å². The van der Waals surface area contributed by atoms with Gasteiger partial charge < -0.3 is 16.0 Å². The predicted molar refractivity (Wildman–Crippen MR) is 95.8 cm³/mol. The van der Waals surface area contributed by atoms with Crippen LogP contribution >= 0.6 is 11.3 Å². The smallest absolute Gasteiger partial charge is 0.270 e. The van der Waals surface area contributed by atoms with Crippen LogP contribution in [0.1, 0.15) is 48.6 Å². The molecule has 1 aromatic heterocycles. The zero-order valence-electron chi connectivity index (χ0n) is 14.4. The second-order valence-corrected chi connectivity index (χ2v) is 7.78. The monoisotopic (exact) mass is 338 g/mol. The van der Waals surface area contributed by atoms with E-state index in [1.807, 2.05) is 5.38 Å². The molecule has 2 heterocycles. The van der Waals surface area contributed by atoms with Crippen molar-refractivity contribution in [2.75, 3.05) is 32.7 Å². The van der Waals surface area contributed by atoms with Crippen LogP contribution in [0.2, 0.25) is 0 Å². The lowest BCUT2D eigenvalue weighted by molar-refractivity contribution is 0.0947. The molecule has 1 fully saturated rings. The Hall–Kier alpha value is -0.980. The minimum atomic E-state index is -0.0651. The number of likely N-dealkylation sites (tertiary alicyclic amines) is 1. The normalized spacial score (nSPS) is 22.2. The van der Waals surface area contributed by atoms with Gasteiger partial charge in [-0.1, -0.05) is 13.8 Å². The van der Waals surface area contributed by atoms with E-state index in [1.165, 1.54) is 30.8 Å². The van der Waals surface area contributed by atoms with E-state index in [4.69, 9.17) is 5.73 Å². The Kier molecular flexibility index (Phi) is 7.46. The van der Waals surface area contributed by atoms with Gasteiger partial charge in [0.05, 0.1) is 5.01 Å². The molecule has 6 heteroatoms. The molecule has 1 aliphatic heterocycles. The van der Waals surface area contributed by atoms with E-state index < -0.39 is 0 Å². The molecule has 0 spiro atoms. The Balaban J connectivity index is 1.60. The van der Waals surface area contributed by atoms with Gasteiger partial charge in [0.2, 0.25) is 0 Å². The van der Waals surface area contributed by atoms with E-state index in [9.17, 15) is 4.79 Å². The molecule has 23 heavy (non-hydrogen) atoms. The number of piperidine rings is 1. The Labute approximate surface area is 143 Å². The van der Waals surface area contributed by atoms with Gasteiger partial charge in [-0.05, 0) is 44.2 Å². The van der Waals surface area contributed by atoms with Crippen molar-refractivity contribution in [2.45, 2.75) is 39.5 Å². The van der Waals surface area contributed by atoms with Crippen LogP contribution in [0, 0.1) is 11.8 Å². The fourth-order valence-corrected chi connectivity index (χ4v) is 4.18. The molecule has 0 radical (unpaired) electrons. The third-order valence-corrected chi connectivity index (χ3v) is 5.18. The van der Waals surface area contributed by atoms with Crippen LogP contribution in [0.3, 0.4) is 0 Å². The lowest BCUT2D eigenvalue weighted by atomic mass is 9.92. The number of unbranched alkanes of at least 4 members (excludes halogenated alkanes) is 1. The molecular formula is C17H30N4OS. The van der Waals surface area contributed by atoms with Crippen LogP contribution in [0.25, 0.3) is 0 Å². The maximum absolute atomic E-state index is 12.0. The van der Waals surface area contributed by atoms with Crippen molar-refractivity contribution in [3.05, 3.63) is 16.1 Å². The molecule has 2 atom stereocenters. The van der Waals surface area contributed by atoms with Gasteiger partial charge in [-0.15, -0.1) is 11.3 Å². The third-order valence-electron chi connectivity index (χ3n) is 4.27. The molecule has 0 aliphatic carbocycles. The number of rotatable bonds is 8. The summed E-state index contributed by atoms with van der Waals surface area (Å²) < 4.78 is 0. The molecule has 0 saturated carbocycles. The molecule has 1 aliphatic rings. The van der Waals surface area contributed by atoms with Gasteiger partial charge in [-0.3, -0.25) is 4.79 Å². The van der Waals surface area contributed by atoms with Crippen molar-refractivity contribution in [1.82, 2.24) is 15.2 Å². The highest BCUT2D eigenvalue weighted by Gasteiger charge is 2.20. The molecular weight excluding hydrogens is 308 g/mol. The molecule has 2 unspecified atom stereocenters. The van der Waals surface area contributed by atoms with Gasteiger partial charge in [-0.2, -0.15) is 0 Å². The number of hydrogen-bond donors (Lipinski definition) is 2. The van der Waals surface area contributed by atoms with Gasteiger partial charge in [-0.25, -0.2) is 4.98 Å². The zero-order chi connectivity index (χ0) is 16.7. The van der Waals surface area contributed by atoms with E-state index in [-0.39, 0.29) is 5.91 Å². The summed E-state index contributed by atoms with van der Waals surface area (Å²) in [4.78, 5) is 18.9. The first kappa shape index (κ1) is 18.4. The number of amides is 1. The lowest BCUT2D eigenvalue weighted by Gasteiger charge is -2.34. The number of carbonyl (C=O) groups is 1. The molecule has 2 rings (SSSR count). The average molecular weight is 339 g/mol. The maximum Gasteiger partial charge on any atom is 0.270 e. The van der Waals surface area contributed by atoms with Crippen molar-refractivity contribution in [3.8, 4) is 0 Å². The Bertz CT molecular complexity index is 481. The quantitative estimate of drug-likeness (QED) is 0.712. The number of aromatic nitrogens is 1. The van der Waals surface area contributed by atoms with E-state index in [2.05, 4.69) is 29.0 Å². The number of hydrogen-bond acceptors (Lipinski definition) is 5. The molecule has 3 N–H and O–H groups in total. The molecule has 130 valence electrons.